The van der Waals surface area contributed by atoms with E-state index in [2.05, 4.69) is 73.8 Å². The molecule has 0 heterocycles. The Morgan fingerprint density at radius 1 is 0.824 bits per heavy atom. The molecule has 0 aromatic heterocycles. The van der Waals surface area contributed by atoms with Crippen molar-refractivity contribution in [2.75, 3.05) is 0 Å². The molecule has 2 rings (SSSR count). The molecule has 0 aliphatic rings. The molecule has 0 amide bonds. The quantitative estimate of drug-likeness (QED) is 0.762. The Balaban J connectivity index is 2.20. The fourth-order valence-corrected chi connectivity index (χ4v) is 7.56. The molecule has 17 heavy (non-hydrogen) atoms. The Morgan fingerprint density at radius 3 is 1.88 bits per heavy atom. The first-order valence-electron chi connectivity index (χ1n) is 6.04. The third kappa shape index (κ3) is 3.57. The van der Waals surface area contributed by atoms with Crippen LogP contribution in [-0.4, -0.2) is 23.8 Å². The first-order valence-corrected chi connectivity index (χ1v) is 10.9. The van der Waals surface area contributed by atoms with Crippen LogP contribution in [0.5, 0.6) is 0 Å². The topological polar surface area (TPSA) is 0 Å². The van der Waals surface area contributed by atoms with Gasteiger partial charge in [0.05, 0.1) is 0 Å². The maximum absolute atomic E-state index is 2.46. The van der Waals surface area contributed by atoms with Crippen molar-refractivity contribution < 1.29 is 0 Å². The SMILES string of the molecule is C[SiH](C)C([Se]c1ccccc1)c1ccccc1. The summed E-state index contributed by atoms with van der Waals surface area (Å²) >= 11 is 0.572. The van der Waals surface area contributed by atoms with E-state index in [-0.39, 0.29) is 0 Å². The van der Waals surface area contributed by atoms with Gasteiger partial charge in [0.25, 0.3) is 0 Å². The molecule has 0 aliphatic carbocycles. The van der Waals surface area contributed by atoms with Crippen LogP contribution in [0, 0.1) is 0 Å². The van der Waals surface area contributed by atoms with Crippen LogP contribution >= 0.6 is 0 Å². The molecule has 0 saturated heterocycles. The summed E-state index contributed by atoms with van der Waals surface area (Å²) in [6.07, 6.45) is 0. The van der Waals surface area contributed by atoms with E-state index in [1.54, 1.807) is 0 Å². The van der Waals surface area contributed by atoms with Gasteiger partial charge in [-0.15, -0.1) is 0 Å². The summed E-state index contributed by atoms with van der Waals surface area (Å²) < 4.78 is 2.33. The van der Waals surface area contributed by atoms with Gasteiger partial charge < -0.3 is 0 Å². The van der Waals surface area contributed by atoms with Crippen molar-refractivity contribution in [3.05, 3.63) is 66.2 Å². The van der Waals surface area contributed by atoms with Crippen molar-refractivity contribution in [3.63, 3.8) is 0 Å². The standard InChI is InChI=1S/C15H18SeSi/c1-17(2)15(13-9-5-3-6-10-13)16-14-11-7-4-8-12-14/h3-12,15,17H,1-2H3. The van der Waals surface area contributed by atoms with E-state index in [4.69, 9.17) is 0 Å². The van der Waals surface area contributed by atoms with E-state index in [9.17, 15) is 0 Å². The number of rotatable bonds is 4. The van der Waals surface area contributed by atoms with Crippen LogP contribution in [0.25, 0.3) is 0 Å². The summed E-state index contributed by atoms with van der Waals surface area (Å²) in [4.78, 5) is 0. The van der Waals surface area contributed by atoms with Crippen molar-refractivity contribution >= 4 is 28.2 Å². The van der Waals surface area contributed by atoms with Gasteiger partial charge in [-0.2, -0.15) is 0 Å². The van der Waals surface area contributed by atoms with Crippen molar-refractivity contribution in [1.82, 2.24) is 0 Å². The molecule has 1 unspecified atom stereocenters. The van der Waals surface area contributed by atoms with Crippen LogP contribution in [0.2, 0.25) is 13.1 Å². The number of hydrogen-bond acceptors (Lipinski definition) is 0. The Kier molecular flexibility index (Phi) is 4.61. The van der Waals surface area contributed by atoms with Gasteiger partial charge in [0.2, 0.25) is 0 Å². The molecule has 2 aromatic carbocycles. The second-order valence-electron chi connectivity index (χ2n) is 4.51. The molecule has 0 spiro atoms. The molecule has 2 aromatic rings. The van der Waals surface area contributed by atoms with Crippen LogP contribution in [-0.2, 0) is 0 Å². The zero-order valence-corrected chi connectivity index (χ0v) is 13.2. The predicted octanol–water partition coefficient (Wildman–Crippen LogP) is 2.78. The number of hydrogen-bond donors (Lipinski definition) is 0. The van der Waals surface area contributed by atoms with E-state index in [0.717, 1.165) is 4.44 Å². The first-order chi connectivity index (χ1) is 8.27. The summed E-state index contributed by atoms with van der Waals surface area (Å²) in [6, 6.07) is 22.0. The monoisotopic (exact) mass is 306 g/mol. The second-order valence-corrected chi connectivity index (χ2v) is 11.3. The first kappa shape index (κ1) is 12.6. The van der Waals surface area contributed by atoms with Crippen LogP contribution in [0.1, 0.15) is 10.0 Å². The molecule has 2 heteroatoms. The summed E-state index contributed by atoms with van der Waals surface area (Å²) in [5.74, 6) is 0. The zero-order valence-electron chi connectivity index (χ0n) is 10.3. The van der Waals surface area contributed by atoms with Crippen LogP contribution in [0.15, 0.2) is 60.7 Å². The van der Waals surface area contributed by atoms with Crippen LogP contribution < -0.4 is 4.46 Å². The average molecular weight is 305 g/mol. The molecule has 0 fully saturated rings. The van der Waals surface area contributed by atoms with Gasteiger partial charge >= 0.3 is 112 Å². The minimum absolute atomic E-state index is 0.572. The van der Waals surface area contributed by atoms with E-state index in [1.807, 2.05) is 0 Å². The van der Waals surface area contributed by atoms with Gasteiger partial charge in [-0.05, 0) is 0 Å². The van der Waals surface area contributed by atoms with Gasteiger partial charge in [-0.3, -0.25) is 0 Å². The molecule has 1 atom stereocenters. The van der Waals surface area contributed by atoms with Crippen molar-refractivity contribution in [2.24, 2.45) is 0 Å². The Hall–Kier alpha value is -0.824. The van der Waals surface area contributed by atoms with Crippen LogP contribution in [0.3, 0.4) is 0 Å². The van der Waals surface area contributed by atoms with E-state index >= 15 is 0 Å². The molecule has 0 nitrogen and oxygen atoms in total. The van der Waals surface area contributed by atoms with Crippen molar-refractivity contribution in [2.45, 2.75) is 17.5 Å². The van der Waals surface area contributed by atoms with Crippen LogP contribution in [0.4, 0.5) is 0 Å². The van der Waals surface area contributed by atoms with Gasteiger partial charge in [0.15, 0.2) is 0 Å². The molecular formula is C15H18SeSi. The molecule has 0 saturated carbocycles. The molecule has 0 aliphatic heterocycles. The van der Waals surface area contributed by atoms with Crippen molar-refractivity contribution in [3.8, 4) is 0 Å². The average Bonchev–Trinajstić information content (AvgIpc) is 2.38. The fraction of sp³-hybridized carbons (Fsp3) is 0.200. The van der Waals surface area contributed by atoms with E-state index in [1.165, 1.54) is 10.0 Å². The van der Waals surface area contributed by atoms with Gasteiger partial charge in [0, 0.05) is 0 Å². The summed E-state index contributed by atoms with van der Waals surface area (Å²) in [5.41, 5.74) is 1.54. The molecule has 0 N–H and O–H groups in total. The maximum atomic E-state index is 2.46. The molecule has 0 radical (unpaired) electrons. The van der Waals surface area contributed by atoms with E-state index in [0.29, 0.717) is 15.0 Å². The molecule has 0 bridgehead atoms. The summed E-state index contributed by atoms with van der Waals surface area (Å²) in [7, 11) is -0.654. The second kappa shape index (κ2) is 6.20. The third-order valence-electron chi connectivity index (χ3n) is 2.74. The summed E-state index contributed by atoms with van der Waals surface area (Å²) in [6.45, 7) is 4.92. The molecular weight excluding hydrogens is 287 g/mol. The Labute approximate surface area is 112 Å². The normalized spacial score (nSPS) is 12.6. The predicted molar refractivity (Wildman–Crippen MR) is 79.9 cm³/mol. The van der Waals surface area contributed by atoms with E-state index < -0.39 is 8.80 Å². The van der Waals surface area contributed by atoms with Crippen molar-refractivity contribution in [1.29, 1.82) is 0 Å². The van der Waals surface area contributed by atoms with Gasteiger partial charge in [-0.1, -0.05) is 0 Å². The third-order valence-corrected chi connectivity index (χ3v) is 10.7. The fourth-order valence-electron chi connectivity index (χ4n) is 1.88. The Bertz CT molecular complexity index is 439. The summed E-state index contributed by atoms with van der Waals surface area (Å²) in [5, 5.41) is 0. The van der Waals surface area contributed by atoms with Gasteiger partial charge in [0.1, 0.15) is 0 Å². The zero-order chi connectivity index (χ0) is 12.1. The van der Waals surface area contributed by atoms with Gasteiger partial charge in [-0.25, -0.2) is 0 Å². The molecule has 88 valence electrons. The number of benzene rings is 2. The Morgan fingerprint density at radius 2 is 1.35 bits per heavy atom. The minimum atomic E-state index is -0.654.